The first-order valence-corrected chi connectivity index (χ1v) is 8.69. The first-order chi connectivity index (χ1) is 11.3. The lowest BCUT2D eigenvalue weighted by atomic mass is 10.2. The molecule has 0 atom stereocenters. The van der Waals surface area contributed by atoms with Crippen molar-refractivity contribution in [3.8, 4) is 0 Å². The topological polar surface area (TPSA) is 52.2 Å². The van der Waals surface area contributed by atoms with Gasteiger partial charge < -0.3 is 15.6 Å². The summed E-state index contributed by atoms with van der Waals surface area (Å²) in [7, 11) is 1.80. The van der Waals surface area contributed by atoms with Gasteiger partial charge in [0.2, 0.25) is 0 Å². The van der Waals surface area contributed by atoms with Crippen molar-refractivity contribution >= 4 is 28.2 Å². The summed E-state index contributed by atoms with van der Waals surface area (Å²) in [6, 6.07) is 14.9. The van der Waals surface area contributed by atoms with Crippen LogP contribution in [-0.4, -0.2) is 18.0 Å². The van der Waals surface area contributed by atoms with Crippen molar-refractivity contribution in [2.75, 3.05) is 7.05 Å². The third-order valence-electron chi connectivity index (χ3n) is 3.75. The van der Waals surface area contributed by atoms with Gasteiger partial charge in [-0.3, -0.25) is 4.99 Å². The van der Waals surface area contributed by atoms with E-state index in [1.54, 1.807) is 7.05 Å². The van der Waals surface area contributed by atoms with Crippen LogP contribution in [0.4, 0.5) is 0 Å². The molecule has 0 aliphatic rings. The van der Waals surface area contributed by atoms with Gasteiger partial charge in [-0.1, -0.05) is 25.1 Å². The molecule has 3 rings (SSSR count). The number of aryl methyl sites for hydroxylation is 1. The van der Waals surface area contributed by atoms with Crippen molar-refractivity contribution < 1.29 is 0 Å². The predicted octanol–water partition coefficient (Wildman–Crippen LogP) is 3.66. The number of aliphatic imine (C=N–C) groups is 1. The fraction of sp³-hybridized carbons (Fsp3) is 0.278. The third kappa shape index (κ3) is 3.93. The van der Waals surface area contributed by atoms with Crippen LogP contribution in [0.25, 0.3) is 10.9 Å². The lowest BCUT2D eigenvalue weighted by Crippen LogP contribution is -2.36. The molecule has 0 radical (unpaired) electrons. The van der Waals surface area contributed by atoms with E-state index in [1.165, 1.54) is 15.1 Å². The van der Waals surface area contributed by atoms with Gasteiger partial charge in [0.1, 0.15) is 0 Å². The Bertz CT molecular complexity index is 767. The number of rotatable bonds is 5. The minimum absolute atomic E-state index is 0.721. The van der Waals surface area contributed by atoms with Crippen LogP contribution >= 0.6 is 11.3 Å². The van der Waals surface area contributed by atoms with E-state index in [-0.39, 0.29) is 0 Å². The van der Waals surface area contributed by atoms with Crippen LogP contribution in [0.2, 0.25) is 0 Å². The molecular formula is C18H22N4S. The second-order valence-electron chi connectivity index (χ2n) is 5.38. The summed E-state index contributed by atoms with van der Waals surface area (Å²) in [6.07, 6.45) is 1.10. The number of H-pyrrole nitrogens is 1. The van der Waals surface area contributed by atoms with E-state index in [1.807, 2.05) is 17.4 Å². The van der Waals surface area contributed by atoms with E-state index in [9.17, 15) is 0 Å². The first kappa shape index (κ1) is 15.6. The molecule has 0 saturated carbocycles. The largest absolute Gasteiger partial charge is 0.357 e. The highest BCUT2D eigenvalue weighted by atomic mass is 32.1. The SMILES string of the molecule is CCc1ccc(CNC(=NC)NCc2cc3ccccc3[nH]2)s1. The summed E-state index contributed by atoms with van der Waals surface area (Å²) in [5, 5.41) is 7.95. The minimum Gasteiger partial charge on any atom is -0.357 e. The monoisotopic (exact) mass is 326 g/mol. The van der Waals surface area contributed by atoms with E-state index < -0.39 is 0 Å². The van der Waals surface area contributed by atoms with Crippen molar-refractivity contribution in [1.82, 2.24) is 15.6 Å². The molecule has 4 nitrogen and oxygen atoms in total. The Hall–Kier alpha value is -2.27. The maximum atomic E-state index is 4.28. The molecule has 2 aromatic heterocycles. The fourth-order valence-corrected chi connectivity index (χ4v) is 3.40. The maximum absolute atomic E-state index is 4.28. The Morgan fingerprint density at radius 3 is 2.61 bits per heavy atom. The molecule has 0 bridgehead atoms. The van der Waals surface area contributed by atoms with Gasteiger partial charge in [0.25, 0.3) is 0 Å². The Kier molecular flexibility index (Phi) is 4.98. The zero-order chi connectivity index (χ0) is 16.1. The molecular weight excluding hydrogens is 304 g/mol. The van der Waals surface area contributed by atoms with Crippen molar-refractivity contribution in [2.24, 2.45) is 4.99 Å². The van der Waals surface area contributed by atoms with Crippen LogP contribution in [0, 0.1) is 0 Å². The molecule has 0 aliphatic carbocycles. The first-order valence-electron chi connectivity index (χ1n) is 7.87. The average Bonchev–Trinajstić information content (AvgIpc) is 3.21. The Morgan fingerprint density at radius 1 is 1.09 bits per heavy atom. The lowest BCUT2D eigenvalue weighted by molar-refractivity contribution is 0.805. The molecule has 120 valence electrons. The van der Waals surface area contributed by atoms with Crippen LogP contribution in [0.3, 0.4) is 0 Å². The molecule has 5 heteroatoms. The standard InChI is InChI=1S/C18H22N4S/c1-3-15-8-9-16(23-15)12-21-18(19-2)20-11-14-10-13-6-4-5-7-17(13)22-14/h4-10,22H,3,11-12H2,1-2H3,(H2,19,20,21). The summed E-state index contributed by atoms with van der Waals surface area (Å²) >= 11 is 1.85. The number of fused-ring (bicyclic) bond motifs is 1. The molecule has 0 amide bonds. The van der Waals surface area contributed by atoms with Crippen LogP contribution in [0.15, 0.2) is 47.5 Å². The molecule has 0 spiro atoms. The average molecular weight is 326 g/mol. The van der Waals surface area contributed by atoms with Gasteiger partial charge in [-0.2, -0.15) is 0 Å². The highest BCUT2D eigenvalue weighted by Crippen LogP contribution is 2.16. The molecule has 23 heavy (non-hydrogen) atoms. The summed E-state index contributed by atoms with van der Waals surface area (Å²) in [6.45, 7) is 3.71. The number of guanidine groups is 1. The molecule has 0 unspecified atom stereocenters. The van der Waals surface area contributed by atoms with E-state index >= 15 is 0 Å². The number of thiophene rings is 1. The molecule has 3 N–H and O–H groups in total. The quantitative estimate of drug-likeness (QED) is 0.495. The lowest BCUT2D eigenvalue weighted by Gasteiger charge is -2.10. The molecule has 0 aliphatic heterocycles. The van der Waals surface area contributed by atoms with E-state index in [2.05, 4.69) is 63.9 Å². The summed E-state index contributed by atoms with van der Waals surface area (Å²) in [5.74, 6) is 0.815. The van der Waals surface area contributed by atoms with Gasteiger partial charge in [-0.05, 0) is 36.1 Å². The fourth-order valence-electron chi connectivity index (χ4n) is 2.51. The van der Waals surface area contributed by atoms with Gasteiger partial charge in [-0.15, -0.1) is 11.3 Å². The summed E-state index contributed by atoms with van der Waals surface area (Å²) < 4.78 is 0. The number of benzene rings is 1. The van der Waals surface area contributed by atoms with Gasteiger partial charge in [-0.25, -0.2) is 0 Å². The smallest absolute Gasteiger partial charge is 0.191 e. The molecule has 2 heterocycles. The van der Waals surface area contributed by atoms with Gasteiger partial charge >= 0.3 is 0 Å². The van der Waals surface area contributed by atoms with Crippen LogP contribution in [-0.2, 0) is 19.5 Å². The number of nitrogens with zero attached hydrogens (tertiary/aromatic N) is 1. The zero-order valence-electron chi connectivity index (χ0n) is 13.5. The van der Waals surface area contributed by atoms with Crippen molar-refractivity contribution in [2.45, 2.75) is 26.4 Å². The zero-order valence-corrected chi connectivity index (χ0v) is 14.3. The second-order valence-corrected chi connectivity index (χ2v) is 6.64. The second kappa shape index (κ2) is 7.33. The number of aromatic nitrogens is 1. The Balaban J connectivity index is 1.55. The summed E-state index contributed by atoms with van der Waals surface area (Å²) in [4.78, 5) is 10.4. The molecule has 0 saturated heterocycles. The predicted molar refractivity (Wildman–Crippen MR) is 99.0 cm³/mol. The summed E-state index contributed by atoms with van der Waals surface area (Å²) in [5.41, 5.74) is 2.32. The maximum Gasteiger partial charge on any atom is 0.191 e. The van der Waals surface area contributed by atoms with E-state index in [0.717, 1.165) is 36.7 Å². The third-order valence-corrected chi connectivity index (χ3v) is 4.98. The normalized spacial score (nSPS) is 11.8. The number of para-hydroxylation sites is 1. The number of aromatic amines is 1. The van der Waals surface area contributed by atoms with Crippen molar-refractivity contribution in [1.29, 1.82) is 0 Å². The van der Waals surface area contributed by atoms with Gasteiger partial charge in [0.15, 0.2) is 5.96 Å². The highest BCUT2D eigenvalue weighted by molar-refractivity contribution is 7.11. The number of nitrogens with one attached hydrogen (secondary N) is 3. The number of hydrogen-bond acceptors (Lipinski definition) is 2. The highest BCUT2D eigenvalue weighted by Gasteiger charge is 2.03. The molecule has 3 aromatic rings. The molecule has 1 aromatic carbocycles. The van der Waals surface area contributed by atoms with Crippen molar-refractivity contribution in [3.63, 3.8) is 0 Å². The van der Waals surface area contributed by atoms with E-state index in [4.69, 9.17) is 0 Å². The Morgan fingerprint density at radius 2 is 1.87 bits per heavy atom. The van der Waals surface area contributed by atoms with Crippen LogP contribution in [0.1, 0.15) is 22.4 Å². The van der Waals surface area contributed by atoms with Gasteiger partial charge in [0.05, 0.1) is 13.1 Å². The van der Waals surface area contributed by atoms with E-state index in [0.29, 0.717) is 0 Å². The van der Waals surface area contributed by atoms with Gasteiger partial charge in [0, 0.05) is 28.0 Å². The van der Waals surface area contributed by atoms with Crippen LogP contribution in [0.5, 0.6) is 0 Å². The van der Waals surface area contributed by atoms with Crippen molar-refractivity contribution in [3.05, 3.63) is 57.9 Å². The minimum atomic E-state index is 0.721. The Labute approximate surface area is 140 Å². The molecule has 0 fully saturated rings. The number of hydrogen-bond donors (Lipinski definition) is 3. The van der Waals surface area contributed by atoms with Crippen LogP contribution < -0.4 is 10.6 Å².